The summed E-state index contributed by atoms with van der Waals surface area (Å²) in [6.07, 6.45) is 4.78. The van der Waals surface area contributed by atoms with E-state index in [4.69, 9.17) is 0 Å². The number of rotatable bonds is 4. The van der Waals surface area contributed by atoms with Gasteiger partial charge >= 0.3 is 0 Å². The van der Waals surface area contributed by atoms with Gasteiger partial charge in [0, 0.05) is 18.8 Å². The zero-order valence-corrected chi connectivity index (χ0v) is 9.84. The first-order valence-corrected chi connectivity index (χ1v) is 6.04. The van der Waals surface area contributed by atoms with Crippen LogP contribution >= 0.6 is 11.3 Å². The summed E-state index contributed by atoms with van der Waals surface area (Å²) in [5, 5.41) is 4.57. The minimum atomic E-state index is 0.551. The lowest BCUT2D eigenvalue weighted by atomic mass is 10.3. The summed E-state index contributed by atoms with van der Waals surface area (Å²) < 4.78 is 1.21. The zero-order valence-electron chi connectivity index (χ0n) is 9.03. The summed E-state index contributed by atoms with van der Waals surface area (Å²) in [6, 6.07) is 2.56. The van der Waals surface area contributed by atoms with Crippen molar-refractivity contribution in [3.8, 4) is 0 Å². The molecule has 80 valence electrons. The van der Waals surface area contributed by atoms with Crippen LogP contribution in [-0.4, -0.2) is 16.0 Å². The van der Waals surface area contributed by atoms with Crippen molar-refractivity contribution in [3.63, 3.8) is 0 Å². The summed E-state index contributed by atoms with van der Waals surface area (Å²) in [4.78, 5) is 8.57. The van der Waals surface area contributed by atoms with Crippen LogP contribution in [0.4, 0.5) is 0 Å². The topological polar surface area (TPSA) is 37.8 Å². The van der Waals surface area contributed by atoms with Gasteiger partial charge in [-0.2, -0.15) is 0 Å². The van der Waals surface area contributed by atoms with Gasteiger partial charge in [0.1, 0.15) is 5.01 Å². The standard InChI is InChI=1S/C11H15N3S/c1-3-8(2)13-7-11-14-9-6-12-5-4-10(9)15-11/h4-6,8,13H,3,7H2,1-2H3. The number of nitrogens with one attached hydrogen (secondary N) is 1. The lowest BCUT2D eigenvalue weighted by molar-refractivity contribution is 0.533. The largest absolute Gasteiger partial charge is 0.308 e. The molecule has 2 rings (SSSR count). The minimum absolute atomic E-state index is 0.551. The first-order chi connectivity index (χ1) is 7.29. The lowest BCUT2D eigenvalue weighted by Crippen LogP contribution is -2.24. The summed E-state index contributed by atoms with van der Waals surface area (Å²) in [5.74, 6) is 0. The van der Waals surface area contributed by atoms with Crippen LogP contribution in [-0.2, 0) is 6.54 Å². The van der Waals surface area contributed by atoms with Gasteiger partial charge in [0.05, 0.1) is 16.4 Å². The molecule has 2 heterocycles. The number of hydrogen-bond acceptors (Lipinski definition) is 4. The van der Waals surface area contributed by atoms with E-state index in [1.165, 1.54) is 4.70 Å². The molecule has 0 radical (unpaired) electrons. The SMILES string of the molecule is CCC(C)NCc1nc2cnccc2s1. The average molecular weight is 221 g/mol. The fourth-order valence-electron chi connectivity index (χ4n) is 1.31. The maximum Gasteiger partial charge on any atom is 0.108 e. The normalized spacial score (nSPS) is 13.2. The minimum Gasteiger partial charge on any atom is -0.308 e. The van der Waals surface area contributed by atoms with E-state index in [0.29, 0.717) is 6.04 Å². The van der Waals surface area contributed by atoms with Crippen molar-refractivity contribution in [2.24, 2.45) is 0 Å². The Labute approximate surface area is 93.6 Å². The predicted octanol–water partition coefficient (Wildman–Crippen LogP) is 2.58. The number of pyridine rings is 1. The molecule has 0 aliphatic heterocycles. The molecule has 0 aliphatic rings. The molecule has 0 amide bonds. The van der Waals surface area contributed by atoms with E-state index in [9.17, 15) is 0 Å². The average Bonchev–Trinajstić information content (AvgIpc) is 2.68. The van der Waals surface area contributed by atoms with Crippen molar-refractivity contribution >= 4 is 21.6 Å². The molecule has 15 heavy (non-hydrogen) atoms. The van der Waals surface area contributed by atoms with Gasteiger partial charge in [-0.25, -0.2) is 4.98 Å². The second kappa shape index (κ2) is 4.68. The maximum absolute atomic E-state index is 4.51. The molecule has 1 atom stereocenters. The molecule has 0 spiro atoms. The summed E-state index contributed by atoms with van der Waals surface area (Å²) in [7, 11) is 0. The van der Waals surface area contributed by atoms with Crippen LogP contribution in [0, 0.1) is 0 Å². The molecular weight excluding hydrogens is 206 g/mol. The Kier molecular flexibility index (Phi) is 3.28. The van der Waals surface area contributed by atoms with E-state index in [-0.39, 0.29) is 0 Å². The van der Waals surface area contributed by atoms with Crippen molar-refractivity contribution in [1.29, 1.82) is 0 Å². The Morgan fingerprint density at radius 1 is 1.53 bits per heavy atom. The second-order valence-corrected chi connectivity index (χ2v) is 4.76. The van der Waals surface area contributed by atoms with Crippen LogP contribution in [0.15, 0.2) is 18.5 Å². The summed E-state index contributed by atoms with van der Waals surface area (Å²) in [6.45, 7) is 5.23. The van der Waals surface area contributed by atoms with E-state index in [2.05, 4.69) is 29.1 Å². The van der Waals surface area contributed by atoms with Gasteiger partial charge in [-0.1, -0.05) is 6.92 Å². The highest BCUT2D eigenvalue weighted by Gasteiger charge is 2.04. The van der Waals surface area contributed by atoms with Crippen LogP contribution < -0.4 is 5.32 Å². The van der Waals surface area contributed by atoms with E-state index in [1.54, 1.807) is 11.3 Å². The van der Waals surface area contributed by atoms with E-state index in [1.807, 2.05) is 18.5 Å². The Hall–Kier alpha value is -1.00. The highest BCUT2D eigenvalue weighted by Crippen LogP contribution is 2.20. The Balaban J connectivity index is 2.09. The number of fused-ring (bicyclic) bond motifs is 1. The van der Waals surface area contributed by atoms with Crippen LogP contribution in [0.2, 0.25) is 0 Å². The molecule has 0 aliphatic carbocycles. The number of thiazole rings is 1. The quantitative estimate of drug-likeness (QED) is 0.862. The zero-order chi connectivity index (χ0) is 10.7. The number of aromatic nitrogens is 2. The molecule has 2 aromatic heterocycles. The molecule has 4 heteroatoms. The monoisotopic (exact) mass is 221 g/mol. The third kappa shape index (κ3) is 2.52. The van der Waals surface area contributed by atoms with Gasteiger partial charge in [0.15, 0.2) is 0 Å². The highest BCUT2D eigenvalue weighted by atomic mass is 32.1. The van der Waals surface area contributed by atoms with E-state index < -0.39 is 0 Å². The van der Waals surface area contributed by atoms with Crippen LogP contribution in [0.5, 0.6) is 0 Å². The summed E-state index contributed by atoms with van der Waals surface area (Å²) in [5.41, 5.74) is 1.00. The second-order valence-electron chi connectivity index (χ2n) is 3.64. The third-order valence-corrected chi connectivity index (χ3v) is 3.48. The van der Waals surface area contributed by atoms with Gasteiger partial charge in [-0.05, 0) is 19.4 Å². The van der Waals surface area contributed by atoms with Crippen molar-refractivity contribution in [2.75, 3.05) is 0 Å². The van der Waals surface area contributed by atoms with Gasteiger partial charge in [0.2, 0.25) is 0 Å². The molecule has 0 saturated heterocycles. The predicted molar refractivity (Wildman–Crippen MR) is 64.0 cm³/mol. The molecule has 0 saturated carbocycles. The molecule has 0 bridgehead atoms. The Morgan fingerprint density at radius 2 is 2.40 bits per heavy atom. The Bertz CT molecular complexity index is 405. The molecule has 1 unspecified atom stereocenters. The van der Waals surface area contributed by atoms with E-state index in [0.717, 1.165) is 23.5 Å². The van der Waals surface area contributed by atoms with Crippen LogP contribution in [0.3, 0.4) is 0 Å². The van der Waals surface area contributed by atoms with Crippen molar-refractivity contribution in [2.45, 2.75) is 32.9 Å². The first kappa shape index (κ1) is 10.5. The van der Waals surface area contributed by atoms with Crippen molar-refractivity contribution in [1.82, 2.24) is 15.3 Å². The van der Waals surface area contributed by atoms with Gasteiger partial charge < -0.3 is 5.32 Å². The third-order valence-electron chi connectivity index (χ3n) is 2.45. The maximum atomic E-state index is 4.51. The fraction of sp³-hybridized carbons (Fsp3) is 0.455. The van der Waals surface area contributed by atoms with Gasteiger partial charge in [-0.15, -0.1) is 11.3 Å². The van der Waals surface area contributed by atoms with Crippen LogP contribution in [0.25, 0.3) is 10.2 Å². The van der Waals surface area contributed by atoms with Crippen molar-refractivity contribution < 1.29 is 0 Å². The number of hydrogen-bond donors (Lipinski definition) is 1. The van der Waals surface area contributed by atoms with E-state index >= 15 is 0 Å². The smallest absolute Gasteiger partial charge is 0.108 e. The van der Waals surface area contributed by atoms with Gasteiger partial charge in [-0.3, -0.25) is 4.98 Å². The molecule has 1 N–H and O–H groups in total. The number of nitrogens with zero attached hydrogens (tertiary/aromatic N) is 2. The molecule has 0 aromatic carbocycles. The van der Waals surface area contributed by atoms with Crippen LogP contribution in [0.1, 0.15) is 25.3 Å². The Morgan fingerprint density at radius 3 is 3.13 bits per heavy atom. The molecule has 2 aromatic rings. The summed E-state index contributed by atoms with van der Waals surface area (Å²) >= 11 is 1.74. The van der Waals surface area contributed by atoms with Gasteiger partial charge in [0.25, 0.3) is 0 Å². The fourth-order valence-corrected chi connectivity index (χ4v) is 2.19. The molecule has 0 fully saturated rings. The first-order valence-electron chi connectivity index (χ1n) is 5.22. The van der Waals surface area contributed by atoms with Crippen molar-refractivity contribution in [3.05, 3.63) is 23.5 Å². The molecule has 3 nitrogen and oxygen atoms in total. The lowest BCUT2D eigenvalue weighted by Gasteiger charge is -2.08. The molecular formula is C11H15N3S. The highest BCUT2D eigenvalue weighted by molar-refractivity contribution is 7.18.